The second-order valence-corrected chi connectivity index (χ2v) is 15.5. The molecular weight excluding hydrogens is 546 g/mol. The van der Waals surface area contributed by atoms with Crippen LogP contribution < -0.4 is 10.6 Å². The maximum Gasteiger partial charge on any atom is 0.407 e. The van der Waals surface area contributed by atoms with Crippen LogP contribution >= 0.6 is 0 Å². The van der Waals surface area contributed by atoms with E-state index in [-0.39, 0.29) is 45.7 Å². The summed E-state index contributed by atoms with van der Waals surface area (Å²) in [5, 5.41) is 28.2. The number of ketones is 2. The lowest BCUT2D eigenvalue weighted by Gasteiger charge is -2.71. The average molecular weight is 594 g/mol. The number of methoxy groups -OCH3 is 1. The Labute approximate surface area is 254 Å². The molecule has 0 aliphatic heterocycles. The number of ether oxygens (including phenoxy) is 1. The minimum Gasteiger partial charge on any atom is -0.453 e. The minimum absolute atomic E-state index is 0.0190. The van der Waals surface area contributed by atoms with E-state index in [0.717, 1.165) is 37.7 Å². The summed E-state index contributed by atoms with van der Waals surface area (Å²) in [6.45, 7) is 12.6. The standard InChI is InChI=1S/C34H47N3O6/c1-20(37-28(41)43-7)27(40)36-19-29(2)10-11-30(3)12-13-33(6)32(5)9-8-22-14-23(38)21(18-35)16-31(22,4)24(32)15-26(39)34(33,42)25(30)17-29/h15-16,20,22,25,42H,8-14,17,19H2,1-7H3,(H,36,40)(H,37,41)/t20?,22-,25+,29-,30+,31-,32+,33-,34+/m0/s1. The topological polar surface area (TPSA) is 146 Å². The van der Waals surface area contributed by atoms with Gasteiger partial charge in [-0.3, -0.25) is 14.4 Å². The number of hydrogen-bond acceptors (Lipinski definition) is 7. The van der Waals surface area contributed by atoms with Gasteiger partial charge in [-0.2, -0.15) is 5.26 Å². The second-order valence-electron chi connectivity index (χ2n) is 15.5. The van der Waals surface area contributed by atoms with Crippen LogP contribution in [0.4, 0.5) is 4.79 Å². The Morgan fingerprint density at radius 3 is 2.44 bits per heavy atom. The molecule has 0 aromatic carbocycles. The predicted octanol–water partition coefficient (Wildman–Crippen LogP) is 4.55. The highest BCUT2D eigenvalue weighted by Crippen LogP contribution is 2.74. The van der Waals surface area contributed by atoms with Crippen molar-refractivity contribution in [3.8, 4) is 6.07 Å². The molecule has 0 saturated heterocycles. The highest BCUT2D eigenvalue weighted by atomic mass is 16.5. The summed E-state index contributed by atoms with van der Waals surface area (Å²) >= 11 is 0. The molecule has 9 heteroatoms. The van der Waals surface area contributed by atoms with Crippen molar-refractivity contribution in [2.24, 2.45) is 38.9 Å². The van der Waals surface area contributed by atoms with E-state index in [0.29, 0.717) is 25.8 Å². The first-order valence-corrected chi connectivity index (χ1v) is 15.7. The van der Waals surface area contributed by atoms with Gasteiger partial charge in [-0.05, 0) is 85.7 Å². The second kappa shape index (κ2) is 10.0. The van der Waals surface area contributed by atoms with Crippen molar-refractivity contribution in [1.82, 2.24) is 10.6 Å². The molecule has 0 bridgehead atoms. The third kappa shape index (κ3) is 4.34. The number of aliphatic hydroxyl groups is 1. The van der Waals surface area contributed by atoms with Crippen LogP contribution in [-0.2, 0) is 19.1 Å². The molecule has 43 heavy (non-hydrogen) atoms. The summed E-state index contributed by atoms with van der Waals surface area (Å²) in [5.41, 5.74) is -2.93. The van der Waals surface area contributed by atoms with Crippen LogP contribution in [-0.4, -0.2) is 54.0 Å². The first-order chi connectivity index (χ1) is 19.9. The minimum atomic E-state index is -1.60. The first-order valence-electron chi connectivity index (χ1n) is 15.7. The largest absolute Gasteiger partial charge is 0.453 e. The summed E-state index contributed by atoms with van der Waals surface area (Å²) in [7, 11) is 1.25. The highest BCUT2D eigenvalue weighted by molar-refractivity contribution is 6.02. The van der Waals surface area contributed by atoms with E-state index in [9.17, 15) is 29.5 Å². The number of nitrogens with zero attached hydrogens (tertiary/aromatic N) is 1. The number of carbonyl (C=O) groups excluding carboxylic acids is 4. The van der Waals surface area contributed by atoms with Crippen LogP contribution in [0.1, 0.15) is 92.9 Å². The smallest absolute Gasteiger partial charge is 0.407 e. The zero-order valence-electron chi connectivity index (χ0n) is 26.7. The molecule has 0 heterocycles. The molecule has 3 fully saturated rings. The van der Waals surface area contributed by atoms with Crippen molar-refractivity contribution < 1.29 is 29.0 Å². The van der Waals surface area contributed by atoms with Gasteiger partial charge in [-0.1, -0.05) is 40.7 Å². The Morgan fingerprint density at radius 2 is 1.79 bits per heavy atom. The number of hydrogen-bond donors (Lipinski definition) is 3. The quantitative estimate of drug-likeness (QED) is 0.434. The number of nitriles is 1. The predicted molar refractivity (Wildman–Crippen MR) is 159 cm³/mol. The number of rotatable bonds is 4. The molecular formula is C34H47N3O6. The molecule has 9 nitrogen and oxygen atoms in total. The zero-order chi connectivity index (χ0) is 31.8. The van der Waals surface area contributed by atoms with Gasteiger partial charge in [-0.25, -0.2) is 4.79 Å². The Morgan fingerprint density at radius 1 is 1.12 bits per heavy atom. The molecule has 5 aliphatic carbocycles. The van der Waals surface area contributed by atoms with E-state index in [1.165, 1.54) is 7.11 Å². The fourth-order valence-corrected chi connectivity index (χ4v) is 9.88. The molecule has 3 saturated carbocycles. The number of fused-ring (bicyclic) bond motifs is 7. The summed E-state index contributed by atoms with van der Waals surface area (Å²) in [4.78, 5) is 51.5. The van der Waals surface area contributed by atoms with Gasteiger partial charge in [0.25, 0.3) is 0 Å². The van der Waals surface area contributed by atoms with Crippen LogP contribution in [0.3, 0.4) is 0 Å². The molecule has 234 valence electrons. The summed E-state index contributed by atoms with van der Waals surface area (Å²) < 4.78 is 4.61. The maximum atomic E-state index is 14.5. The van der Waals surface area contributed by atoms with E-state index in [1.807, 2.05) is 0 Å². The monoisotopic (exact) mass is 593 g/mol. The third-order valence-corrected chi connectivity index (χ3v) is 13.2. The van der Waals surface area contributed by atoms with Gasteiger partial charge in [0.05, 0.1) is 12.7 Å². The lowest BCUT2D eigenvalue weighted by Crippen LogP contribution is -2.73. The van der Waals surface area contributed by atoms with Crippen molar-refractivity contribution in [2.75, 3.05) is 13.7 Å². The Hall–Kier alpha value is -2.99. The van der Waals surface area contributed by atoms with Gasteiger partial charge in [0.1, 0.15) is 17.7 Å². The molecule has 5 aliphatic rings. The number of Topliss-reactive ketones (excluding diaryl/α,β-unsaturated/α-hetero) is 1. The van der Waals surface area contributed by atoms with E-state index >= 15 is 0 Å². The van der Waals surface area contributed by atoms with Crippen LogP contribution in [0.25, 0.3) is 0 Å². The molecule has 0 aromatic heterocycles. The first kappa shape index (κ1) is 31.4. The molecule has 9 atom stereocenters. The van der Waals surface area contributed by atoms with Gasteiger partial charge in [0.15, 0.2) is 11.6 Å². The van der Waals surface area contributed by atoms with Gasteiger partial charge >= 0.3 is 6.09 Å². The van der Waals surface area contributed by atoms with Gasteiger partial charge in [0, 0.05) is 29.7 Å². The van der Waals surface area contributed by atoms with Gasteiger partial charge in [-0.15, -0.1) is 0 Å². The Balaban J connectivity index is 1.50. The van der Waals surface area contributed by atoms with Crippen molar-refractivity contribution in [3.63, 3.8) is 0 Å². The molecule has 0 aromatic rings. The molecule has 2 amide bonds. The molecule has 1 unspecified atom stereocenters. The van der Waals surface area contributed by atoms with Crippen LogP contribution in [0.15, 0.2) is 23.3 Å². The molecule has 0 spiro atoms. The van der Waals surface area contributed by atoms with Crippen LogP contribution in [0, 0.1) is 50.2 Å². The van der Waals surface area contributed by atoms with Crippen LogP contribution in [0.5, 0.6) is 0 Å². The number of carbonyl (C=O) groups is 4. The van der Waals surface area contributed by atoms with Crippen molar-refractivity contribution >= 4 is 23.6 Å². The molecule has 3 N–H and O–H groups in total. The number of nitrogens with one attached hydrogen (secondary N) is 2. The number of alkyl carbamates (subject to hydrolysis) is 1. The summed E-state index contributed by atoms with van der Waals surface area (Å²) in [6, 6.07) is 1.32. The maximum absolute atomic E-state index is 14.5. The zero-order valence-corrected chi connectivity index (χ0v) is 26.7. The van der Waals surface area contributed by atoms with Crippen molar-refractivity contribution in [1.29, 1.82) is 5.26 Å². The normalized spacial score (nSPS) is 44.2. The number of allylic oxidation sites excluding steroid dienone is 3. The van der Waals surface area contributed by atoms with E-state index in [2.05, 4.69) is 56.1 Å². The highest BCUT2D eigenvalue weighted by Gasteiger charge is 2.74. The molecule has 0 radical (unpaired) electrons. The fourth-order valence-electron chi connectivity index (χ4n) is 9.88. The van der Waals surface area contributed by atoms with Gasteiger partial charge < -0.3 is 20.5 Å². The fraction of sp³-hybridized carbons (Fsp3) is 0.735. The van der Waals surface area contributed by atoms with E-state index in [1.54, 1.807) is 19.1 Å². The van der Waals surface area contributed by atoms with E-state index < -0.39 is 34.0 Å². The molecule has 5 rings (SSSR count). The van der Waals surface area contributed by atoms with Crippen LogP contribution in [0.2, 0.25) is 0 Å². The number of amides is 2. The van der Waals surface area contributed by atoms with Crippen molar-refractivity contribution in [3.05, 3.63) is 23.3 Å². The van der Waals surface area contributed by atoms with Gasteiger partial charge in [0.2, 0.25) is 5.91 Å². The third-order valence-electron chi connectivity index (χ3n) is 13.2. The SMILES string of the molecule is COC(=O)NC(C)C(=O)NC[C@@]1(C)CC[C@]2(C)CC[C@@]3(C)[C@]4(C)CC[C@H]5CC(=O)C(C#N)=C[C@]5(C)C4=CC(=O)[C@]3(O)[C@@H]2C1. The lowest BCUT2D eigenvalue weighted by molar-refractivity contribution is -0.242. The summed E-state index contributed by atoms with van der Waals surface area (Å²) in [5.74, 6) is -1.01. The van der Waals surface area contributed by atoms with Crippen molar-refractivity contribution in [2.45, 2.75) is 105 Å². The average Bonchev–Trinajstić information content (AvgIpc) is 2.96. The lowest BCUT2D eigenvalue weighted by atomic mass is 9.34. The Kier molecular flexibility index (Phi) is 7.32. The summed E-state index contributed by atoms with van der Waals surface area (Å²) in [6.07, 6.45) is 8.50. The van der Waals surface area contributed by atoms with E-state index in [4.69, 9.17) is 0 Å². The Bertz CT molecular complexity index is 1380.